The van der Waals surface area contributed by atoms with Crippen LogP contribution < -0.4 is 5.32 Å². The molecule has 0 saturated carbocycles. The Labute approximate surface area is 123 Å². The number of hydrogen-bond donors (Lipinski definition) is 1. The molecule has 0 spiro atoms. The van der Waals surface area contributed by atoms with E-state index in [2.05, 4.69) is 5.32 Å². The topological polar surface area (TPSA) is 49.4 Å². The van der Waals surface area contributed by atoms with E-state index in [9.17, 15) is 22.8 Å². The highest BCUT2D eigenvalue weighted by molar-refractivity contribution is 5.99. The lowest BCUT2D eigenvalue weighted by atomic mass is 9.84. The van der Waals surface area contributed by atoms with E-state index in [0.717, 1.165) is 4.90 Å². The van der Waals surface area contributed by atoms with Gasteiger partial charge in [0.15, 0.2) is 0 Å². The predicted molar refractivity (Wildman–Crippen MR) is 72.5 cm³/mol. The monoisotopic (exact) mass is 308 g/mol. The van der Waals surface area contributed by atoms with Crippen LogP contribution in [0, 0.1) is 5.92 Å². The van der Waals surface area contributed by atoms with Gasteiger partial charge < -0.3 is 10.2 Å². The molecule has 2 amide bonds. The number of rotatable bonds is 5. The van der Waals surface area contributed by atoms with E-state index >= 15 is 0 Å². The third kappa shape index (κ3) is 3.49. The lowest BCUT2D eigenvalue weighted by Gasteiger charge is -2.48. The van der Waals surface area contributed by atoms with E-state index < -0.39 is 36.6 Å². The largest absolute Gasteiger partial charge is 0.390 e. The van der Waals surface area contributed by atoms with Crippen LogP contribution in [0.15, 0.2) is 0 Å². The van der Waals surface area contributed by atoms with Gasteiger partial charge in [-0.15, -0.1) is 0 Å². The molecule has 1 heterocycles. The fourth-order valence-electron chi connectivity index (χ4n) is 2.81. The highest BCUT2D eigenvalue weighted by Crippen LogP contribution is 2.32. The molecule has 1 fully saturated rings. The van der Waals surface area contributed by atoms with Crippen molar-refractivity contribution < 1.29 is 22.8 Å². The summed E-state index contributed by atoms with van der Waals surface area (Å²) in [6.07, 6.45) is -4.86. The van der Waals surface area contributed by atoms with E-state index in [-0.39, 0.29) is 11.8 Å². The zero-order chi connectivity index (χ0) is 16.4. The third-order valence-electron chi connectivity index (χ3n) is 4.21. The summed E-state index contributed by atoms with van der Waals surface area (Å²) < 4.78 is 37.5. The quantitative estimate of drug-likeness (QED) is 0.848. The summed E-state index contributed by atoms with van der Waals surface area (Å²) in [5.41, 5.74) is -1.17. The Hall–Kier alpha value is -1.27. The van der Waals surface area contributed by atoms with E-state index in [0.29, 0.717) is 12.8 Å². The first-order valence-electron chi connectivity index (χ1n) is 7.28. The molecule has 0 aliphatic carbocycles. The second kappa shape index (κ2) is 6.23. The van der Waals surface area contributed by atoms with Gasteiger partial charge in [0.25, 0.3) is 0 Å². The van der Waals surface area contributed by atoms with Gasteiger partial charge in [-0.2, -0.15) is 13.2 Å². The summed E-state index contributed by atoms with van der Waals surface area (Å²) >= 11 is 0. The van der Waals surface area contributed by atoms with Crippen molar-refractivity contribution in [2.24, 2.45) is 5.92 Å². The molecule has 1 N–H and O–H groups in total. The van der Waals surface area contributed by atoms with E-state index in [4.69, 9.17) is 0 Å². The van der Waals surface area contributed by atoms with E-state index in [1.165, 1.54) is 0 Å². The average molecular weight is 308 g/mol. The molecule has 1 aliphatic heterocycles. The first kappa shape index (κ1) is 17.8. The molecule has 0 aromatic heterocycles. The Morgan fingerprint density at radius 2 is 1.76 bits per heavy atom. The smallest absolute Gasteiger partial charge is 0.342 e. The molecule has 1 rings (SSSR count). The van der Waals surface area contributed by atoms with Crippen molar-refractivity contribution in [3.8, 4) is 0 Å². The molecule has 0 aromatic rings. The second-order valence-corrected chi connectivity index (χ2v) is 5.79. The first-order valence-corrected chi connectivity index (χ1v) is 7.28. The fourth-order valence-corrected chi connectivity index (χ4v) is 2.81. The molecule has 1 aliphatic rings. The number of carbonyl (C=O) groups is 2. The highest BCUT2D eigenvalue weighted by atomic mass is 19.4. The molecule has 1 atom stereocenters. The second-order valence-electron chi connectivity index (χ2n) is 5.79. The first-order chi connectivity index (χ1) is 9.59. The van der Waals surface area contributed by atoms with Crippen LogP contribution in [-0.4, -0.2) is 41.0 Å². The minimum absolute atomic E-state index is 0.165. The van der Waals surface area contributed by atoms with Crippen molar-refractivity contribution in [3.05, 3.63) is 0 Å². The molecule has 0 radical (unpaired) electrons. The predicted octanol–water partition coefficient (Wildman–Crippen LogP) is 2.48. The van der Waals surface area contributed by atoms with Crippen LogP contribution in [0.3, 0.4) is 0 Å². The minimum Gasteiger partial charge on any atom is -0.342 e. The number of carbonyl (C=O) groups excluding carboxylic acids is 2. The summed E-state index contributed by atoms with van der Waals surface area (Å²) in [7, 11) is 0. The molecule has 1 saturated heterocycles. The summed E-state index contributed by atoms with van der Waals surface area (Å²) in [6, 6.07) is -0.753. The van der Waals surface area contributed by atoms with Gasteiger partial charge in [-0.3, -0.25) is 9.59 Å². The maximum Gasteiger partial charge on any atom is 0.390 e. The van der Waals surface area contributed by atoms with Gasteiger partial charge >= 0.3 is 6.18 Å². The van der Waals surface area contributed by atoms with E-state index in [1.807, 2.05) is 0 Å². The SMILES string of the molecule is CCC1(CC)C(=O)NC(C(C)C)C(=O)N1CCC(F)(F)F. The van der Waals surface area contributed by atoms with Crippen LogP contribution in [0.2, 0.25) is 0 Å². The zero-order valence-electron chi connectivity index (χ0n) is 12.9. The number of nitrogens with zero attached hydrogens (tertiary/aromatic N) is 1. The molecule has 0 aromatic carbocycles. The van der Waals surface area contributed by atoms with Gasteiger partial charge in [0.2, 0.25) is 11.8 Å². The number of piperazine rings is 1. The van der Waals surface area contributed by atoms with Crippen molar-refractivity contribution in [2.75, 3.05) is 6.54 Å². The van der Waals surface area contributed by atoms with Crippen molar-refractivity contribution in [1.29, 1.82) is 0 Å². The summed E-state index contributed by atoms with van der Waals surface area (Å²) in [5, 5.41) is 2.67. The zero-order valence-corrected chi connectivity index (χ0v) is 12.9. The van der Waals surface area contributed by atoms with Gasteiger partial charge in [-0.25, -0.2) is 0 Å². The van der Waals surface area contributed by atoms with Crippen molar-refractivity contribution >= 4 is 11.8 Å². The molecule has 122 valence electrons. The van der Waals surface area contributed by atoms with Gasteiger partial charge in [-0.1, -0.05) is 27.7 Å². The Morgan fingerprint density at radius 1 is 1.24 bits per heavy atom. The van der Waals surface area contributed by atoms with Crippen LogP contribution in [0.25, 0.3) is 0 Å². The van der Waals surface area contributed by atoms with Crippen LogP contribution >= 0.6 is 0 Å². The molecule has 7 heteroatoms. The maximum atomic E-state index is 12.5. The third-order valence-corrected chi connectivity index (χ3v) is 4.21. The molecule has 4 nitrogen and oxygen atoms in total. The number of amides is 2. The summed E-state index contributed by atoms with van der Waals surface area (Å²) in [6.45, 7) is 6.48. The Bertz CT molecular complexity index is 404. The lowest BCUT2D eigenvalue weighted by Crippen LogP contribution is -2.71. The minimum atomic E-state index is -4.35. The highest BCUT2D eigenvalue weighted by Gasteiger charge is 2.51. The van der Waals surface area contributed by atoms with Gasteiger partial charge in [-0.05, 0) is 18.8 Å². The standard InChI is InChI=1S/C14H23F3N2O2/c1-5-13(6-2)12(21)18-10(9(3)4)11(20)19(13)8-7-14(15,16)17/h9-10H,5-8H2,1-4H3,(H,18,21). The fraction of sp³-hybridized carbons (Fsp3) is 0.857. The van der Waals surface area contributed by atoms with Crippen molar-refractivity contribution in [1.82, 2.24) is 10.2 Å². The van der Waals surface area contributed by atoms with Crippen LogP contribution in [0.4, 0.5) is 13.2 Å². The number of alkyl halides is 3. The van der Waals surface area contributed by atoms with E-state index in [1.54, 1.807) is 27.7 Å². The Morgan fingerprint density at radius 3 is 2.14 bits per heavy atom. The van der Waals surface area contributed by atoms with Crippen LogP contribution in [0.5, 0.6) is 0 Å². The Kier molecular flexibility index (Phi) is 5.28. The molecular formula is C14H23F3N2O2. The Balaban J connectivity index is 3.12. The van der Waals surface area contributed by atoms with Crippen LogP contribution in [-0.2, 0) is 9.59 Å². The van der Waals surface area contributed by atoms with Crippen LogP contribution in [0.1, 0.15) is 47.0 Å². The molecular weight excluding hydrogens is 285 g/mol. The molecule has 21 heavy (non-hydrogen) atoms. The van der Waals surface area contributed by atoms with Gasteiger partial charge in [0.1, 0.15) is 11.6 Å². The number of nitrogens with one attached hydrogen (secondary N) is 1. The van der Waals surface area contributed by atoms with Gasteiger partial charge in [0.05, 0.1) is 6.42 Å². The summed E-state index contributed by atoms with van der Waals surface area (Å²) in [4.78, 5) is 26.0. The average Bonchev–Trinajstić information content (AvgIpc) is 2.38. The normalized spacial score (nSPS) is 22.7. The summed E-state index contributed by atoms with van der Waals surface area (Å²) in [5.74, 6) is -0.938. The van der Waals surface area contributed by atoms with Gasteiger partial charge in [0, 0.05) is 6.54 Å². The van der Waals surface area contributed by atoms with Crippen molar-refractivity contribution in [3.63, 3.8) is 0 Å². The number of halogens is 3. The lowest BCUT2D eigenvalue weighted by molar-refractivity contribution is -0.167. The van der Waals surface area contributed by atoms with Crippen molar-refractivity contribution in [2.45, 2.75) is 64.7 Å². The molecule has 1 unspecified atom stereocenters. The number of hydrogen-bond acceptors (Lipinski definition) is 2. The molecule has 0 bridgehead atoms. The maximum absolute atomic E-state index is 12.5.